The molecule has 1 aliphatic rings. The number of hydrogen-bond donors (Lipinski definition) is 0. The SMILES string of the molecule is COC(=O)c1sc(C2CCC(C)CC2)nc1C. The van der Waals surface area contributed by atoms with Gasteiger partial charge in [0.1, 0.15) is 4.88 Å². The Bertz CT molecular complexity index is 406. The zero-order chi connectivity index (χ0) is 12.4. The lowest BCUT2D eigenvalue weighted by atomic mass is 9.83. The van der Waals surface area contributed by atoms with Crippen LogP contribution in [0.25, 0.3) is 0 Å². The second-order valence-corrected chi connectivity index (χ2v) is 5.95. The number of ether oxygens (including phenoxy) is 1. The fourth-order valence-corrected chi connectivity index (χ4v) is 3.54. The molecule has 17 heavy (non-hydrogen) atoms. The predicted molar refractivity (Wildman–Crippen MR) is 68.6 cm³/mol. The molecule has 0 aliphatic heterocycles. The average molecular weight is 253 g/mol. The van der Waals surface area contributed by atoms with Crippen LogP contribution in [0.1, 0.15) is 58.9 Å². The van der Waals surface area contributed by atoms with Crippen LogP contribution in [0.5, 0.6) is 0 Å². The summed E-state index contributed by atoms with van der Waals surface area (Å²) in [6, 6.07) is 0. The minimum Gasteiger partial charge on any atom is -0.465 e. The maximum atomic E-state index is 11.5. The Kier molecular flexibility index (Phi) is 3.82. The maximum Gasteiger partial charge on any atom is 0.349 e. The highest BCUT2D eigenvalue weighted by molar-refractivity contribution is 7.13. The Morgan fingerprint density at radius 2 is 2.00 bits per heavy atom. The van der Waals surface area contributed by atoms with Gasteiger partial charge in [0.05, 0.1) is 17.8 Å². The van der Waals surface area contributed by atoms with Crippen molar-refractivity contribution in [2.75, 3.05) is 7.11 Å². The summed E-state index contributed by atoms with van der Waals surface area (Å²) in [5, 5.41) is 1.12. The number of aryl methyl sites for hydroxylation is 1. The number of carbonyl (C=O) groups is 1. The Morgan fingerprint density at radius 1 is 1.35 bits per heavy atom. The van der Waals surface area contributed by atoms with Crippen LogP contribution in [0.4, 0.5) is 0 Å². The van der Waals surface area contributed by atoms with Crippen LogP contribution in [-0.2, 0) is 4.74 Å². The summed E-state index contributed by atoms with van der Waals surface area (Å²) in [7, 11) is 1.42. The van der Waals surface area contributed by atoms with E-state index in [0.29, 0.717) is 10.8 Å². The molecule has 3 nitrogen and oxygen atoms in total. The first-order valence-electron chi connectivity index (χ1n) is 6.17. The topological polar surface area (TPSA) is 39.2 Å². The Balaban J connectivity index is 2.14. The lowest BCUT2D eigenvalue weighted by Crippen LogP contribution is -2.10. The van der Waals surface area contributed by atoms with E-state index in [1.165, 1.54) is 44.1 Å². The van der Waals surface area contributed by atoms with Crippen molar-refractivity contribution in [3.8, 4) is 0 Å². The summed E-state index contributed by atoms with van der Waals surface area (Å²) in [4.78, 5) is 16.7. The van der Waals surface area contributed by atoms with E-state index in [9.17, 15) is 4.79 Å². The van der Waals surface area contributed by atoms with E-state index in [-0.39, 0.29) is 5.97 Å². The average Bonchev–Trinajstić information content (AvgIpc) is 2.71. The van der Waals surface area contributed by atoms with Crippen molar-refractivity contribution >= 4 is 17.3 Å². The van der Waals surface area contributed by atoms with Gasteiger partial charge in [-0.2, -0.15) is 0 Å². The first-order valence-corrected chi connectivity index (χ1v) is 6.99. The molecule has 0 amide bonds. The van der Waals surface area contributed by atoms with Crippen LogP contribution < -0.4 is 0 Å². The van der Waals surface area contributed by atoms with Gasteiger partial charge in [-0.3, -0.25) is 0 Å². The monoisotopic (exact) mass is 253 g/mol. The standard InChI is InChI=1S/C13H19NO2S/c1-8-4-6-10(7-5-8)12-14-9(2)11(17-12)13(15)16-3/h8,10H,4-7H2,1-3H3. The van der Waals surface area contributed by atoms with Gasteiger partial charge in [-0.1, -0.05) is 19.8 Å². The molecule has 0 atom stereocenters. The molecule has 94 valence electrons. The van der Waals surface area contributed by atoms with Crippen molar-refractivity contribution in [3.05, 3.63) is 15.6 Å². The number of methoxy groups -OCH3 is 1. The molecule has 0 saturated heterocycles. The molecule has 2 rings (SSSR count). The predicted octanol–water partition coefficient (Wildman–Crippen LogP) is 3.53. The van der Waals surface area contributed by atoms with Crippen LogP contribution in [-0.4, -0.2) is 18.1 Å². The van der Waals surface area contributed by atoms with E-state index >= 15 is 0 Å². The van der Waals surface area contributed by atoms with E-state index in [0.717, 1.165) is 16.6 Å². The van der Waals surface area contributed by atoms with Crippen molar-refractivity contribution in [3.63, 3.8) is 0 Å². The molecular weight excluding hydrogens is 234 g/mol. The highest BCUT2D eigenvalue weighted by Crippen LogP contribution is 2.38. The summed E-state index contributed by atoms with van der Waals surface area (Å²) in [5.41, 5.74) is 0.815. The number of hydrogen-bond acceptors (Lipinski definition) is 4. The molecule has 4 heteroatoms. The number of esters is 1. The molecule has 0 unspecified atom stereocenters. The van der Waals surface area contributed by atoms with Crippen LogP contribution in [0, 0.1) is 12.8 Å². The summed E-state index contributed by atoms with van der Waals surface area (Å²) in [5.74, 6) is 1.14. The first kappa shape index (κ1) is 12.6. The lowest BCUT2D eigenvalue weighted by molar-refractivity contribution is 0.0605. The molecule has 1 aromatic rings. The normalized spacial score (nSPS) is 24.6. The summed E-state index contributed by atoms with van der Waals surface area (Å²) in [6.07, 6.45) is 4.96. The largest absolute Gasteiger partial charge is 0.465 e. The fraction of sp³-hybridized carbons (Fsp3) is 0.692. The zero-order valence-corrected chi connectivity index (χ0v) is 11.5. The van der Waals surface area contributed by atoms with Crippen molar-refractivity contribution in [1.82, 2.24) is 4.98 Å². The highest BCUT2D eigenvalue weighted by Gasteiger charge is 2.25. The molecule has 0 N–H and O–H groups in total. The minimum atomic E-state index is -0.254. The summed E-state index contributed by atoms with van der Waals surface area (Å²) in [6.45, 7) is 4.20. The van der Waals surface area contributed by atoms with E-state index in [1.807, 2.05) is 6.92 Å². The third kappa shape index (κ3) is 2.68. The minimum absolute atomic E-state index is 0.254. The first-order chi connectivity index (χ1) is 8.11. The molecule has 1 aromatic heterocycles. The van der Waals surface area contributed by atoms with Crippen molar-refractivity contribution in [2.45, 2.75) is 45.4 Å². The van der Waals surface area contributed by atoms with Gasteiger partial charge in [0.2, 0.25) is 0 Å². The lowest BCUT2D eigenvalue weighted by Gasteiger charge is -2.24. The molecule has 1 aliphatic carbocycles. The van der Waals surface area contributed by atoms with Gasteiger partial charge in [0.25, 0.3) is 0 Å². The van der Waals surface area contributed by atoms with Gasteiger partial charge >= 0.3 is 5.97 Å². The third-order valence-corrected chi connectivity index (χ3v) is 4.85. The van der Waals surface area contributed by atoms with Crippen LogP contribution >= 0.6 is 11.3 Å². The van der Waals surface area contributed by atoms with Crippen LogP contribution in [0.3, 0.4) is 0 Å². The molecule has 0 radical (unpaired) electrons. The molecule has 1 fully saturated rings. The second-order valence-electron chi connectivity index (χ2n) is 4.92. The van der Waals surface area contributed by atoms with Crippen LogP contribution in [0.2, 0.25) is 0 Å². The third-order valence-electron chi connectivity index (χ3n) is 3.55. The molecular formula is C13H19NO2S. The second kappa shape index (κ2) is 5.17. The van der Waals surface area contributed by atoms with E-state index in [2.05, 4.69) is 11.9 Å². The van der Waals surface area contributed by atoms with E-state index in [4.69, 9.17) is 4.74 Å². The number of aromatic nitrogens is 1. The fourth-order valence-electron chi connectivity index (χ4n) is 2.38. The van der Waals surface area contributed by atoms with E-state index in [1.54, 1.807) is 0 Å². The molecule has 0 spiro atoms. The van der Waals surface area contributed by atoms with Gasteiger partial charge in [0.15, 0.2) is 0 Å². The number of nitrogens with zero attached hydrogens (tertiary/aromatic N) is 1. The Hall–Kier alpha value is -0.900. The van der Waals surface area contributed by atoms with Crippen LogP contribution in [0.15, 0.2) is 0 Å². The van der Waals surface area contributed by atoms with Gasteiger partial charge in [-0.25, -0.2) is 9.78 Å². The quantitative estimate of drug-likeness (QED) is 0.757. The molecule has 1 heterocycles. The van der Waals surface area contributed by atoms with Crippen molar-refractivity contribution in [1.29, 1.82) is 0 Å². The van der Waals surface area contributed by atoms with Gasteiger partial charge < -0.3 is 4.74 Å². The van der Waals surface area contributed by atoms with E-state index < -0.39 is 0 Å². The molecule has 0 bridgehead atoms. The maximum absolute atomic E-state index is 11.5. The Labute approximate surface area is 106 Å². The van der Waals surface area contributed by atoms with Crippen molar-refractivity contribution < 1.29 is 9.53 Å². The van der Waals surface area contributed by atoms with Gasteiger partial charge in [-0.05, 0) is 25.7 Å². The number of carbonyl (C=O) groups excluding carboxylic acids is 1. The summed E-state index contributed by atoms with van der Waals surface area (Å²) >= 11 is 1.51. The highest BCUT2D eigenvalue weighted by atomic mass is 32.1. The molecule has 1 saturated carbocycles. The number of thiazole rings is 1. The Morgan fingerprint density at radius 3 is 2.59 bits per heavy atom. The van der Waals surface area contributed by atoms with Crippen molar-refractivity contribution in [2.24, 2.45) is 5.92 Å². The van der Waals surface area contributed by atoms with Gasteiger partial charge in [-0.15, -0.1) is 11.3 Å². The smallest absolute Gasteiger partial charge is 0.349 e. The number of rotatable bonds is 2. The molecule has 0 aromatic carbocycles. The zero-order valence-electron chi connectivity index (χ0n) is 10.7. The van der Waals surface area contributed by atoms with Gasteiger partial charge in [0, 0.05) is 5.92 Å². The summed E-state index contributed by atoms with van der Waals surface area (Å²) < 4.78 is 4.77.